The molecule has 1 aliphatic carbocycles. The van der Waals surface area contributed by atoms with Crippen LogP contribution in [0.25, 0.3) is 64.6 Å². The van der Waals surface area contributed by atoms with E-state index in [0.717, 1.165) is 23.2 Å². The van der Waals surface area contributed by atoms with E-state index >= 15 is 0 Å². The molecule has 0 amide bonds. The van der Waals surface area contributed by atoms with Gasteiger partial charge in [-0.15, -0.1) is 23.8 Å². The van der Waals surface area contributed by atoms with Gasteiger partial charge in [0.1, 0.15) is 0 Å². The van der Waals surface area contributed by atoms with E-state index in [1.807, 2.05) is 35.7 Å². The minimum Gasteiger partial charge on any atom is 0 e. The predicted molar refractivity (Wildman–Crippen MR) is 231 cm³/mol. The van der Waals surface area contributed by atoms with E-state index in [4.69, 9.17) is 9.97 Å². The second kappa shape index (κ2) is 16.4. The van der Waals surface area contributed by atoms with Gasteiger partial charge in [-0.3, -0.25) is 0 Å². The minimum atomic E-state index is -1.83. The summed E-state index contributed by atoms with van der Waals surface area (Å²) < 4.78 is 4.17. The molecule has 8 aromatic rings. The van der Waals surface area contributed by atoms with Gasteiger partial charge in [-0.2, -0.15) is 11.3 Å². The van der Waals surface area contributed by atoms with Crippen LogP contribution in [0.1, 0.15) is 43.4 Å². The van der Waals surface area contributed by atoms with E-state index in [-0.39, 0.29) is 20.1 Å². The van der Waals surface area contributed by atoms with Crippen molar-refractivity contribution < 1.29 is 20.1 Å². The number of hydrogen-bond donors (Lipinski definition) is 0. The molecule has 2 nitrogen and oxygen atoms in total. The number of pyridine rings is 2. The number of aromatic nitrogens is 2. The number of hydrogen-bond acceptors (Lipinski definition) is 3. The third-order valence-corrected chi connectivity index (χ3v) is 15.9. The van der Waals surface area contributed by atoms with Gasteiger partial charge in [0, 0.05) is 31.0 Å². The van der Waals surface area contributed by atoms with Gasteiger partial charge in [0.05, 0.1) is 0 Å². The molecule has 3 heterocycles. The van der Waals surface area contributed by atoms with E-state index in [9.17, 15) is 0 Å². The van der Waals surface area contributed by atoms with Gasteiger partial charge >= 0.3 is 125 Å². The Hall–Kier alpha value is -3.93. The Kier molecular flexibility index (Phi) is 11.7. The molecule has 0 fully saturated rings. The van der Waals surface area contributed by atoms with Crippen LogP contribution in [-0.4, -0.2) is 23.2 Å². The zero-order valence-corrected chi connectivity index (χ0v) is 37.1. The Morgan fingerprint density at radius 3 is 2.33 bits per heavy atom. The van der Waals surface area contributed by atoms with Crippen LogP contribution in [0.3, 0.4) is 0 Å². The standard InChI is InChI=1S/C31H24NS.C18H22GeN.Ir/c1-20(2)17-21-15-16-32-29(18-21)27-12-6-11-26-28-19-23(13-14-30(28)33-31(26)27)25-10-5-8-22-7-3-4-9-24(22)25;1-19(2,3)17-13-20-18(14-9-5-4-6-10-14)16-12-8-7-11-15(16)17;/h3-11,13-16,18-20H,17H2,1-2H3;4-6,9,13H,7-8,11-12H2,1-3H3;/q2*-1;. The van der Waals surface area contributed by atoms with Crippen molar-refractivity contribution in [2.24, 2.45) is 5.92 Å². The van der Waals surface area contributed by atoms with Gasteiger partial charge in [0.2, 0.25) is 0 Å². The molecule has 0 N–H and O–H groups in total. The summed E-state index contributed by atoms with van der Waals surface area (Å²) in [6.07, 6.45) is 10.2. The first-order valence-corrected chi connectivity index (χ1v) is 27.2. The monoisotopic (exact) mass is 961 g/mol. The van der Waals surface area contributed by atoms with Gasteiger partial charge in [0.25, 0.3) is 0 Å². The second-order valence-electron chi connectivity index (χ2n) is 15.8. The number of benzene rings is 5. The molecule has 0 unspecified atom stereocenters. The van der Waals surface area contributed by atoms with Crippen LogP contribution in [-0.2, 0) is 39.4 Å². The molecule has 0 saturated carbocycles. The number of nitrogens with zero attached hydrogens (tertiary/aromatic N) is 2. The van der Waals surface area contributed by atoms with Crippen LogP contribution in [0.15, 0.2) is 122 Å². The Balaban J connectivity index is 0.000000184. The molecule has 273 valence electrons. The fourth-order valence-electron chi connectivity index (χ4n) is 7.95. The Morgan fingerprint density at radius 2 is 1.54 bits per heavy atom. The number of thiophene rings is 1. The van der Waals surface area contributed by atoms with Gasteiger partial charge < -0.3 is 4.98 Å². The summed E-state index contributed by atoms with van der Waals surface area (Å²) in [5.41, 5.74) is 11.5. The fourth-order valence-corrected chi connectivity index (χ4v) is 12.6. The molecule has 1 aliphatic rings. The van der Waals surface area contributed by atoms with Crippen LogP contribution >= 0.6 is 11.3 Å². The topological polar surface area (TPSA) is 25.8 Å². The molecule has 3 aromatic heterocycles. The molecule has 0 saturated heterocycles. The van der Waals surface area contributed by atoms with Crippen LogP contribution in [0.4, 0.5) is 0 Å². The molecule has 9 rings (SSSR count). The number of fused-ring (bicyclic) bond motifs is 5. The van der Waals surface area contributed by atoms with E-state index in [2.05, 4.69) is 140 Å². The summed E-state index contributed by atoms with van der Waals surface area (Å²) in [4.78, 5) is 9.56. The maximum atomic E-state index is 4.84. The third kappa shape index (κ3) is 7.91. The average Bonchev–Trinajstić information content (AvgIpc) is 3.55. The Morgan fingerprint density at radius 1 is 0.741 bits per heavy atom. The van der Waals surface area contributed by atoms with Gasteiger partial charge in [-0.25, -0.2) is 0 Å². The first-order valence-electron chi connectivity index (χ1n) is 19.0. The van der Waals surface area contributed by atoms with Crippen LogP contribution in [0.2, 0.25) is 17.3 Å². The summed E-state index contributed by atoms with van der Waals surface area (Å²) >= 11 is 0.0109. The van der Waals surface area contributed by atoms with Gasteiger partial charge in [-0.05, 0) is 68.2 Å². The van der Waals surface area contributed by atoms with Crippen molar-refractivity contribution in [1.29, 1.82) is 0 Å². The van der Waals surface area contributed by atoms with E-state index in [0.29, 0.717) is 5.92 Å². The van der Waals surface area contributed by atoms with Crippen molar-refractivity contribution in [3.63, 3.8) is 0 Å². The zero-order chi connectivity index (χ0) is 36.5. The maximum absolute atomic E-state index is 4.84. The Labute approximate surface area is 340 Å². The fraction of sp³-hybridized carbons (Fsp3) is 0.224. The van der Waals surface area contributed by atoms with Crippen molar-refractivity contribution >= 4 is 59.9 Å². The SMILES string of the molecule is CC(C)Cc1ccnc(-c2[c-]ccc3c2sc2ccc(-c4cccc5ccccc45)cc23)c1.[CH3][Ge]([CH3])([CH3])[c]1cnc(-c2[c-]cccc2)c2c1CCCC2.[Ir]. The van der Waals surface area contributed by atoms with Crippen molar-refractivity contribution in [3.05, 3.63) is 150 Å². The summed E-state index contributed by atoms with van der Waals surface area (Å²) in [6, 6.07) is 45.7. The van der Waals surface area contributed by atoms with Crippen molar-refractivity contribution in [2.45, 2.75) is 63.2 Å². The summed E-state index contributed by atoms with van der Waals surface area (Å²) in [6.45, 7) is 4.51. The molecule has 5 aromatic carbocycles. The maximum Gasteiger partial charge on any atom is 0 e. The first-order chi connectivity index (χ1) is 25.7. The summed E-state index contributed by atoms with van der Waals surface area (Å²) in [7, 11) is 0. The van der Waals surface area contributed by atoms with Crippen LogP contribution < -0.4 is 4.40 Å². The van der Waals surface area contributed by atoms with E-state index in [1.54, 1.807) is 9.96 Å². The largest absolute Gasteiger partial charge is 0 e. The molecule has 0 bridgehead atoms. The van der Waals surface area contributed by atoms with E-state index < -0.39 is 13.3 Å². The zero-order valence-electron chi connectivity index (χ0n) is 31.8. The third-order valence-electron chi connectivity index (χ3n) is 10.4. The first kappa shape index (κ1) is 38.4. The molecular formula is C49H46GeIrN2S-2. The normalized spacial score (nSPS) is 12.7. The van der Waals surface area contributed by atoms with Crippen molar-refractivity contribution in [1.82, 2.24) is 9.97 Å². The molecule has 0 atom stereocenters. The number of rotatable bonds is 6. The second-order valence-corrected chi connectivity index (χ2v) is 27.4. The Bertz CT molecular complexity index is 2560. The molecule has 0 aliphatic heterocycles. The minimum absolute atomic E-state index is 0. The van der Waals surface area contributed by atoms with Crippen molar-refractivity contribution in [2.75, 3.05) is 0 Å². The van der Waals surface area contributed by atoms with Crippen molar-refractivity contribution in [3.8, 4) is 33.6 Å². The summed E-state index contributed by atoms with van der Waals surface area (Å²) in [5, 5.41) is 5.14. The van der Waals surface area contributed by atoms with Gasteiger partial charge in [0.15, 0.2) is 0 Å². The molecule has 5 heteroatoms. The van der Waals surface area contributed by atoms with Gasteiger partial charge in [-0.1, -0.05) is 79.4 Å². The molecular weight excluding hydrogens is 913 g/mol. The molecule has 1 radical (unpaired) electrons. The molecule has 0 spiro atoms. The van der Waals surface area contributed by atoms with Crippen LogP contribution in [0.5, 0.6) is 0 Å². The van der Waals surface area contributed by atoms with E-state index in [1.165, 1.54) is 84.6 Å². The predicted octanol–water partition coefficient (Wildman–Crippen LogP) is 12.9. The smallest absolute Gasteiger partial charge is 0 e. The quantitative estimate of drug-likeness (QED) is 0.123. The van der Waals surface area contributed by atoms with Crippen LogP contribution in [0, 0.1) is 18.1 Å². The average molecular weight is 960 g/mol. The molecule has 54 heavy (non-hydrogen) atoms. The summed E-state index contributed by atoms with van der Waals surface area (Å²) in [5.74, 6) is 8.04.